The van der Waals surface area contributed by atoms with Gasteiger partial charge in [-0.1, -0.05) is 60.7 Å². The zero-order valence-electron chi connectivity index (χ0n) is 18.6. The van der Waals surface area contributed by atoms with Gasteiger partial charge in [0.25, 0.3) is 5.56 Å². The summed E-state index contributed by atoms with van der Waals surface area (Å²) in [5, 5.41) is 0. The lowest BCUT2D eigenvalue weighted by molar-refractivity contribution is -0.141. The van der Waals surface area contributed by atoms with Gasteiger partial charge in [-0.05, 0) is 24.5 Å². The van der Waals surface area contributed by atoms with E-state index in [0.29, 0.717) is 17.1 Å². The Bertz CT molecular complexity index is 1170. The molecule has 1 aliphatic rings. The van der Waals surface area contributed by atoms with Crippen molar-refractivity contribution in [1.29, 1.82) is 0 Å². The average molecular weight is 471 g/mol. The van der Waals surface area contributed by atoms with E-state index in [1.165, 1.54) is 4.90 Å². The first-order valence-electron chi connectivity index (χ1n) is 10.9. The molecule has 0 aliphatic carbocycles. The SMILES string of the molecule is Cc1nc2c(c(=O)n1C(c1ccccc1)c1ccccc1)CCN(C(=O)OCCC(F)(F)F)C2. The van der Waals surface area contributed by atoms with Crippen molar-refractivity contribution in [3.63, 3.8) is 0 Å². The third-order valence-corrected chi connectivity index (χ3v) is 5.80. The second kappa shape index (κ2) is 9.70. The normalized spacial score (nSPS) is 13.6. The Morgan fingerprint density at radius 2 is 1.65 bits per heavy atom. The van der Waals surface area contributed by atoms with Crippen molar-refractivity contribution in [1.82, 2.24) is 14.5 Å². The predicted octanol–water partition coefficient (Wildman–Crippen LogP) is 4.64. The number of hydrogen-bond acceptors (Lipinski definition) is 4. The second-order valence-electron chi connectivity index (χ2n) is 8.13. The van der Waals surface area contributed by atoms with Gasteiger partial charge in [0, 0.05) is 12.1 Å². The number of benzene rings is 2. The molecule has 2 heterocycles. The Hall–Kier alpha value is -3.62. The summed E-state index contributed by atoms with van der Waals surface area (Å²) in [6, 6.07) is 19.0. The van der Waals surface area contributed by atoms with Gasteiger partial charge < -0.3 is 9.64 Å². The average Bonchev–Trinajstić information content (AvgIpc) is 2.81. The van der Waals surface area contributed by atoms with Gasteiger partial charge in [0.1, 0.15) is 12.4 Å². The third-order valence-electron chi connectivity index (χ3n) is 5.80. The number of amides is 1. The monoisotopic (exact) mass is 471 g/mol. The molecule has 0 N–H and O–H groups in total. The fourth-order valence-corrected chi connectivity index (χ4v) is 4.19. The number of ether oxygens (including phenoxy) is 1. The molecule has 0 fully saturated rings. The smallest absolute Gasteiger partial charge is 0.410 e. The van der Waals surface area contributed by atoms with Crippen LogP contribution < -0.4 is 5.56 Å². The van der Waals surface area contributed by atoms with E-state index in [0.717, 1.165) is 11.1 Å². The van der Waals surface area contributed by atoms with E-state index >= 15 is 0 Å². The number of rotatable bonds is 5. The Balaban J connectivity index is 1.64. The quantitative estimate of drug-likeness (QED) is 0.544. The molecule has 1 amide bonds. The highest BCUT2D eigenvalue weighted by molar-refractivity contribution is 5.68. The molecular weight excluding hydrogens is 447 g/mol. The van der Waals surface area contributed by atoms with Crippen molar-refractivity contribution in [3.05, 3.63) is 99.2 Å². The van der Waals surface area contributed by atoms with Crippen LogP contribution in [0.4, 0.5) is 18.0 Å². The van der Waals surface area contributed by atoms with E-state index in [4.69, 9.17) is 4.74 Å². The first-order chi connectivity index (χ1) is 16.2. The minimum absolute atomic E-state index is 0.0123. The van der Waals surface area contributed by atoms with Gasteiger partial charge in [-0.2, -0.15) is 13.2 Å². The molecular formula is C25H24F3N3O3. The number of carbonyl (C=O) groups excluding carboxylic acids is 1. The van der Waals surface area contributed by atoms with Crippen LogP contribution in [0.15, 0.2) is 65.5 Å². The summed E-state index contributed by atoms with van der Waals surface area (Å²) in [6.45, 7) is 1.17. The fourth-order valence-electron chi connectivity index (χ4n) is 4.19. The predicted molar refractivity (Wildman–Crippen MR) is 119 cm³/mol. The molecule has 1 aliphatic heterocycles. The summed E-state index contributed by atoms with van der Waals surface area (Å²) in [5.41, 5.74) is 2.63. The molecule has 0 bridgehead atoms. The number of nitrogens with zero attached hydrogens (tertiary/aromatic N) is 3. The van der Waals surface area contributed by atoms with Crippen LogP contribution >= 0.6 is 0 Å². The first-order valence-corrected chi connectivity index (χ1v) is 10.9. The highest BCUT2D eigenvalue weighted by atomic mass is 19.4. The van der Waals surface area contributed by atoms with Crippen molar-refractivity contribution in [2.45, 2.75) is 38.5 Å². The molecule has 0 saturated heterocycles. The molecule has 6 nitrogen and oxygen atoms in total. The van der Waals surface area contributed by atoms with Crippen molar-refractivity contribution >= 4 is 6.09 Å². The Morgan fingerprint density at radius 1 is 1.06 bits per heavy atom. The lowest BCUT2D eigenvalue weighted by Gasteiger charge is -2.30. The van der Waals surface area contributed by atoms with Gasteiger partial charge in [-0.3, -0.25) is 9.36 Å². The van der Waals surface area contributed by atoms with E-state index in [1.54, 1.807) is 11.5 Å². The van der Waals surface area contributed by atoms with E-state index in [9.17, 15) is 22.8 Å². The molecule has 3 aromatic rings. The number of carbonyl (C=O) groups is 1. The van der Waals surface area contributed by atoms with Crippen LogP contribution in [0.2, 0.25) is 0 Å². The molecule has 4 rings (SSSR count). The summed E-state index contributed by atoms with van der Waals surface area (Å²) >= 11 is 0. The molecule has 9 heteroatoms. The zero-order valence-corrected chi connectivity index (χ0v) is 18.6. The van der Waals surface area contributed by atoms with Crippen LogP contribution in [0, 0.1) is 6.92 Å². The Kier molecular flexibility index (Phi) is 6.72. The number of aryl methyl sites for hydroxylation is 1. The van der Waals surface area contributed by atoms with Crippen molar-refractivity contribution in [3.8, 4) is 0 Å². The van der Waals surface area contributed by atoms with Crippen LogP contribution in [-0.4, -0.2) is 39.9 Å². The number of aromatic nitrogens is 2. The lowest BCUT2D eigenvalue weighted by atomic mass is 9.97. The highest BCUT2D eigenvalue weighted by Gasteiger charge is 2.31. The molecule has 2 aromatic carbocycles. The number of hydrogen-bond donors (Lipinski definition) is 0. The van der Waals surface area contributed by atoms with Gasteiger partial charge >= 0.3 is 12.3 Å². The van der Waals surface area contributed by atoms with Crippen LogP contribution in [0.5, 0.6) is 0 Å². The molecule has 0 unspecified atom stereocenters. The van der Waals surface area contributed by atoms with Crippen molar-refractivity contribution in [2.24, 2.45) is 0 Å². The van der Waals surface area contributed by atoms with Gasteiger partial charge in [0.05, 0.1) is 24.7 Å². The summed E-state index contributed by atoms with van der Waals surface area (Å²) in [4.78, 5) is 31.8. The van der Waals surface area contributed by atoms with E-state index < -0.39 is 25.3 Å². The standard InChI is InChI=1S/C25H24F3N3O3/c1-17-29-21-16-30(24(33)34-15-13-25(26,27)28)14-12-20(21)23(32)31(17)22(18-8-4-2-5-9-18)19-10-6-3-7-11-19/h2-11,22H,12-16H2,1H3. The van der Waals surface area contributed by atoms with Crippen LogP contribution in [-0.2, 0) is 17.7 Å². The van der Waals surface area contributed by atoms with E-state index in [-0.39, 0.29) is 31.1 Å². The molecule has 1 aromatic heterocycles. The van der Waals surface area contributed by atoms with Crippen LogP contribution in [0.1, 0.15) is 40.7 Å². The largest absolute Gasteiger partial charge is 0.449 e. The number of halogens is 3. The van der Waals surface area contributed by atoms with E-state index in [1.807, 2.05) is 60.7 Å². The van der Waals surface area contributed by atoms with Gasteiger partial charge in [-0.15, -0.1) is 0 Å². The minimum atomic E-state index is -4.40. The van der Waals surface area contributed by atoms with Gasteiger partial charge in [0.15, 0.2) is 0 Å². The van der Waals surface area contributed by atoms with Crippen LogP contribution in [0.3, 0.4) is 0 Å². The molecule has 0 radical (unpaired) electrons. The van der Waals surface area contributed by atoms with Crippen LogP contribution in [0.25, 0.3) is 0 Å². The fraction of sp³-hybridized carbons (Fsp3) is 0.320. The molecule has 34 heavy (non-hydrogen) atoms. The maximum absolute atomic E-state index is 13.6. The zero-order chi connectivity index (χ0) is 24.3. The third kappa shape index (κ3) is 5.13. The van der Waals surface area contributed by atoms with Gasteiger partial charge in [0.2, 0.25) is 0 Å². The minimum Gasteiger partial charge on any atom is -0.449 e. The van der Waals surface area contributed by atoms with Gasteiger partial charge in [-0.25, -0.2) is 9.78 Å². The lowest BCUT2D eigenvalue weighted by Crippen LogP contribution is -2.42. The van der Waals surface area contributed by atoms with Crippen molar-refractivity contribution in [2.75, 3.05) is 13.2 Å². The maximum Gasteiger partial charge on any atom is 0.410 e. The summed E-state index contributed by atoms with van der Waals surface area (Å²) in [7, 11) is 0. The Labute approximate surface area is 194 Å². The second-order valence-corrected chi connectivity index (χ2v) is 8.13. The van der Waals surface area contributed by atoms with E-state index in [2.05, 4.69) is 4.98 Å². The number of alkyl halides is 3. The summed E-state index contributed by atoms with van der Waals surface area (Å²) < 4.78 is 43.4. The molecule has 0 saturated carbocycles. The maximum atomic E-state index is 13.6. The summed E-state index contributed by atoms with van der Waals surface area (Å²) in [6.07, 6.45) is -6.20. The molecule has 178 valence electrons. The number of fused-ring (bicyclic) bond motifs is 1. The van der Waals surface area contributed by atoms with Crippen molar-refractivity contribution < 1.29 is 22.7 Å². The molecule has 0 spiro atoms. The topological polar surface area (TPSA) is 64.4 Å². The Morgan fingerprint density at radius 3 is 2.21 bits per heavy atom. The summed E-state index contributed by atoms with van der Waals surface area (Å²) in [5.74, 6) is 0.480. The first kappa shape index (κ1) is 23.5. The molecule has 0 atom stereocenters. The highest BCUT2D eigenvalue weighted by Crippen LogP contribution is 2.27.